The Kier molecular flexibility index (Phi) is 2.38. The molecular weight excluding hydrogens is 240 g/mol. The molecule has 0 spiro atoms. The SMILES string of the molecule is O=C(NC1CC2CC1CN2)c1ccc2ccoc2c1. The van der Waals surface area contributed by atoms with Crippen molar-refractivity contribution in [3.63, 3.8) is 0 Å². The van der Waals surface area contributed by atoms with Crippen LogP contribution in [0.3, 0.4) is 0 Å². The van der Waals surface area contributed by atoms with Crippen LogP contribution in [0.25, 0.3) is 11.0 Å². The summed E-state index contributed by atoms with van der Waals surface area (Å²) in [7, 11) is 0. The number of benzene rings is 1. The molecule has 1 saturated heterocycles. The van der Waals surface area contributed by atoms with Gasteiger partial charge >= 0.3 is 0 Å². The lowest BCUT2D eigenvalue weighted by molar-refractivity contribution is 0.0925. The van der Waals surface area contributed by atoms with E-state index in [1.807, 2.05) is 24.3 Å². The monoisotopic (exact) mass is 256 g/mol. The van der Waals surface area contributed by atoms with Crippen LogP contribution in [-0.2, 0) is 0 Å². The predicted octanol–water partition coefficient (Wildman–Crippen LogP) is 1.91. The molecule has 1 aromatic carbocycles. The molecule has 3 atom stereocenters. The Morgan fingerprint density at radius 2 is 2.26 bits per heavy atom. The van der Waals surface area contributed by atoms with Gasteiger partial charge in [0.2, 0.25) is 0 Å². The Bertz CT molecular complexity index is 634. The lowest BCUT2D eigenvalue weighted by Gasteiger charge is -2.23. The molecule has 0 radical (unpaired) electrons. The van der Waals surface area contributed by atoms with Gasteiger partial charge in [0.05, 0.1) is 6.26 Å². The second kappa shape index (κ2) is 4.10. The number of amides is 1. The summed E-state index contributed by atoms with van der Waals surface area (Å²) >= 11 is 0. The first-order chi connectivity index (χ1) is 9.29. The topological polar surface area (TPSA) is 54.3 Å². The number of nitrogens with one attached hydrogen (secondary N) is 2. The van der Waals surface area contributed by atoms with Gasteiger partial charge in [-0.1, -0.05) is 6.07 Å². The van der Waals surface area contributed by atoms with Crippen LogP contribution in [0.2, 0.25) is 0 Å². The number of furan rings is 1. The maximum Gasteiger partial charge on any atom is 0.251 e. The number of hydrogen-bond acceptors (Lipinski definition) is 3. The fraction of sp³-hybridized carbons (Fsp3) is 0.400. The molecule has 2 N–H and O–H groups in total. The first-order valence-electron chi connectivity index (χ1n) is 6.81. The van der Waals surface area contributed by atoms with Gasteiger partial charge in [0.25, 0.3) is 5.91 Å². The zero-order valence-corrected chi connectivity index (χ0v) is 10.6. The zero-order valence-electron chi connectivity index (χ0n) is 10.6. The molecular formula is C15H16N2O2. The smallest absolute Gasteiger partial charge is 0.251 e. The van der Waals surface area contributed by atoms with Gasteiger partial charge in [0.1, 0.15) is 5.58 Å². The van der Waals surface area contributed by atoms with Crippen molar-refractivity contribution in [2.24, 2.45) is 5.92 Å². The Labute approximate surface area is 111 Å². The molecule has 2 fully saturated rings. The van der Waals surface area contributed by atoms with Crippen molar-refractivity contribution in [2.75, 3.05) is 6.54 Å². The molecule has 2 aromatic rings. The van der Waals surface area contributed by atoms with Crippen LogP contribution in [0, 0.1) is 5.92 Å². The summed E-state index contributed by atoms with van der Waals surface area (Å²) in [5.74, 6) is 0.608. The number of carbonyl (C=O) groups is 1. The summed E-state index contributed by atoms with van der Waals surface area (Å²) in [6.07, 6.45) is 3.90. The molecule has 2 bridgehead atoms. The van der Waals surface area contributed by atoms with Gasteiger partial charge in [-0.3, -0.25) is 4.79 Å². The van der Waals surface area contributed by atoms with E-state index in [4.69, 9.17) is 4.42 Å². The van der Waals surface area contributed by atoms with E-state index in [1.165, 1.54) is 6.42 Å². The summed E-state index contributed by atoms with van der Waals surface area (Å²) in [5, 5.41) is 7.64. The van der Waals surface area contributed by atoms with Crippen LogP contribution in [0.1, 0.15) is 23.2 Å². The van der Waals surface area contributed by atoms with Gasteiger partial charge in [0.15, 0.2) is 0 Å². The van der Waals surface area contributed by atoms with Crippen LogP contribution in [0.15, 0.2) is 34.9 Å². The van der Waals surface area contributed by atoms with Crippen molar-refractivity contribution in [3.8, 4) is 0 Å². The number of carbonyl (C=O) groups excluding carboxylic acids is 1. The third-order valence-corrected chi connectivity index (χ3v) is 4.40. The molecule has 19 heavy (non-hydrogen) atoms. The number of rotatable bonds is 2. The number of piperidine rings is 1. The molecule has 2 aliphatic rings. The van der Waals surface area contributed by atoms with Gasteiger partial charge in [-0.25, -0.2) is 0 Å². The van der Waals surface area contributed by atoms with Crippen molar-refractivity contribution in [3.05, 3.63) is 36.1 Å². The van der Waals surface area contributed by atoms with Crippen LogP contribution in [0.4, 0.5) is 0 Å². The molecule has 4 rings (SSSR count). The van der Waals surface area contributed by atoms with Crippen molar-refractivity contribution in [2.45, 2.75) is 24.9 Å². The zero-order chi connectivity index (χ0) is 12.8. The lowest BCUT2D eigenvalue weighted by atomic mass is 10.0. The normalized spacial score (nSPS) is 28.9. The molecule has 1 amide bonds. The van der Waals surface area contributed by atoms with Gasteiger partial charge in [-0.05, 0) is 37.0 Å². The van der Waals surface area contributed by atoms with Crippen LogP contribution in [-0.4, -0.2) is 24.5 Å². The second-order valence-corrected chi connectivity index (χ2v) is 5.59. The third kappa shape index (κ3) is 1.83. The van der Waals surface area contributed by atoms with Gasteiger partial charge in [-0.15, -0.1) is 0 Å². The first-order valence-corrected chi connectivity index (χ1v) is 6.81. The lowest BCUT2D eigenvalue weighted by Crippen LogP contribution is -2.44. The Balaban J connectivity index is 1.53. The van der Waals surface area contributed by atoms with Crippen molar-refractivity contribution >= 4 is 16.9 Å². The molecule has 1 saturated carbocycles. The first kappa shape index (κ1) is 11.1. The maximum atomic E-state index is 12.3. The highest BCUT2D eigenvalue weighted by Crippen LogP contribution is 2.31. The van der Waals surface area contributed by atoms with Gasteiger partial charge in [-0.2, -0.15) is 0 Å². The van der Waals surface area contributed by atoms with Gasteiger partial charge < -0.3 is 15.1 Å². The molecule has 3 unspecified atom stereocenters. The van der Waals surface area contributed by atoms with Crippen LogP contribution < -0.4 is 10.6 Å². The predicted molar refractivity (Wildman–Crippen MR) is 72.0 cm³/mol. The summed E-state index contributed by atoms with van der Waals surface area (Å²) < 4.78 is 5.34. The molecule has 4 heteroatoms. The summed E-state index contributed by atoms with van der Waals surface area (Å²) in [6.45, 7) is 1.03. The van der Waals surface area contributed by atoms with E-state index in [9.17, 15) is 4.79 Å². The van der Waals surface area contributed by atoms with E-state index in [-0.39, 0.29) is 5.91 Å². The molecule has 1 aromatic heterocycles. The van der Waals surface area contributed by atoms with E-state index in [1.54, 1.807) is 6.26 Å². The summed E-state index contributed by atoms with van der Waals surface area (Å²) in [6, 6.07) is 8.43. The van der Waals surface area contributed by atoms with E-state index in [2.05, 4.69) is 10.6 Å². The standard InChI is InChI=1S/C15H16N2O2/c18-15(17-13-7-12-5-11(13)8-16-12)10-2-1-9-3-4-19-14(9)6-10/h1-4,6,11-13,16H,5,7-8H2,(H,17,18). The quantitative estimate of drug-likeness (QED) is 0.863. The van der Waals surface area contributed by atoms with Crippen LogP contribution in [0.5, 0.6) is 0 Å². The number of hydrogen-bond donors (Lipinski definition) is 2. The summed E-state index contributed by atoms with van der Waals surface area (Å²) in [5.41, 5.74) is 1.44. The average Bonchev–Trinajstić information content (AvgIpc) is 3.13. The van der Waals surface area contributed by atoms with Crippen molar-refractivity contribution in [1.82, 2.24) is 10.6 Å². The Morgan fingerprint density at radius 3 is 3.05 bits per heavy atom. The van der Waals surface area contributed by atoms with Gasteiger partial charge in [0, 0.05) is 29.6 Å². The van der Waals surface area contributed by atoms with E-state index in [0.29, 0.717) is 23.6 Å². The highest BCUT2D eigenvalue weighted by Gasteiger charge is 2.40. The number of fused-ring (bicyclic) bond motifs is 3. The highest BCUT2D eigenvalue weighted by molar-refractivity contribution is 5.97. The molecule has 2 heterocycles. The van der Waals surface area contributed by atoms with Crippen LogP contribution >= 0.6 is 0 Å². The molecule has 1 aliphatic heterocycles. The minimum absolute atomic E-state index is 0.0100. The average molecular weight is 256 g/mol. The van der Waals surface area contributed by atoms with E-state index < -0.39 is 0 Å². The maximum absolute atomic E-state index is 12.3. The third-order valence-electron chi connectivity index (χ3n) is 4.40. The minimum atomic E-state index is 0.0100. The van der Waals surface area contributed by atoms with Crippen molar-refractivity contribution in [1.29, 1.82) is 0 Å². The fourth-order valence-electron chi connectivity index (χ4n) is 3.36. The minimum Gasteiger partial charge on any atom is -0.464 e. The second-order valence-electron chi connectivity index (χ2n) is 5.59. The molecule has 98 valence electrons. The van der Waals surface area contributed by atoms with E-state index >= 15 is 0 Å². The molecule has 4 nitrogen and oxygen atoms in total. The molecule has 1 aliphatic carbocycles. The van der Waals surface area contributed by atoms with E-state index in [0.717, 1.165) is 23.9 Å². The Morgan fingerprint density at radius 1 is 1.32 bits per heavy atom. The van der Waals surface area contributed by atoms with Crippen molar-refractivity contribution < 1.29 is 9.21 Å². The highest BCUT2D eigenvalue weighted by atomic mass is 16.3. The largest absolute Gasteiger partial charge is 0.464 e. The summed E-state index contributed by atoms with van der Waals surface area (Å²) in [4.78, 5) is 12.3. The Hall–Kier alpha value is -1.81. The fourth-order valence-corrected chi connectivity index (χ4v) is 3.36.